The molecule has 32 heteroatoms. The zero-order valence-electron chi connectivity index (χ0n) is 48.2. The number of halogens is 10. The van der Waals surface area contributed by atoms with Gasteiger partial charge in [0.05, 0.1) is 41.7 Å². The van der Waals surface area contributed by atoms with Crippen molar-refractivity contribution >= 4 is 91.1 Å². The summed E-state index contributed by atoms with van der Waals surface area (Å²) in [6, 6.07) is 3.90. The van der Waals surface area contributed by atoms with Gasteiger partial charge in [0.25, 0.3) is 0 Å². The minimum Gasteiger partial charge on any atom is -0.345 e. The molecular formula is C56H75F9IN19O3. The van der Waals surface area contributed by atoms with Crippen molar-refractivity contribution in [3.8, 4) is 0 Å². The number of urea groups is 2. The Balaban J connectivity index is 0.000000201. The number of amides is 5. The maximum absolute atomic E-state index is 12.5. The first-order chi connectivity index (χ1) is 41.5. The fourth-order valence-corrected chi connectivity index (χ4v) is 11.4. The summed E-state index contributed by atoms with van der Waals surface area (Å²) in [5.41, 5.74) is 13.9. The highest BCUT2D eigenvalue weighted by Crippen LogP contribution is 2.38. The first kappa shape index (κ1) is 68.0. The van der Waals surface area contributed by atoms with E-state index in [0.717, 1.165) is 69.9 Å². The van der Waals surface area contributed by atoms with Crippen LogP contribution in [0.1, 0.15) is 98.0 Å². The van der Waals surface area contributed by atoms with E-state index in [0.29, 0.717) is 66.3 Å². The van der Waals surface area contributed by atoms with Gasteiger partial charge in [0, 0.05) is 113 Å². The number of nitrogens with two attached hydrogens (primary N) is 1. The van der Waals surface area contributed by atoms with Crippen LogP contribution in [0.15, 0.2) is 74.0 Å². The van der Waals surface area contributed by atoms with Crippen molar-refractivity contribution in [1.29, 1.82) is 0 Å². The number of hydrogen-bond acceptors (Lipinski definition) is 11. The molecule has 3 aliphatic heterocycles. The number of nitrogens with zero attached hydrogens (tertiary/aromatic N) is 12. The topological polar surface area (TPSA) is 259 Å². The third-order valence-electron chi connectivity index (χ3n) is 15.5. The molecule has 9 aromatic heterocycles. The van der Waals surface area contributed by atoms with Gasteiger partial charge in [0.1, 0.15) is 13.1 Å². The maximum Gasteiger partial charge on any atom is 0.405 e. The lowest BCUT2D eigenvalue weighted by molar-refractivity contribution is -0.123. The van der Waals surface area contributed by atoms with E-state index in [1.165, 1.54) is 29.4 Å². The lowest BCUT2D eigenvalue weighted by Gasteiger charge is -2.18. The van der Waals surface area contributed by atoms with Gasteiger partial charge in [-0.25, -0.2) is 44.3 Å². The summed E-state index contributed by atoms with van der Waals surface area (Å²) >= 11 is 1.96. The summed E-state index contributed by atoms with van der Waals surface area (Å²) in [7, 11) is 0. The van der Waals surface area contributed by atoms with Crippen molar-refractivity contribution in [2.75, 3.05) is 70.4 Å². The van der Waals surface area contributed by atoms with Gasteiger partial charge in [-0.15, -0.1) is 0 Å². The number of nitrogens with one attached hydrogen (secondary N) is 6. The van der Waals surface area contributed by atoms with Crippen LogP contribution in [0.25, 0.3) is 50.4 Å². The molecular weight excluding hydrogens is 1280 g/mol. The Morgan fingerprint density at radius 3 is 1.43 bits per heavy atom. The number of imidazole rings is 3. The molecule has 482 valence electrons. The van der Waals surface area contributed by atoms with Crippen molar-refractivity contribution in [2.24, 2.45) is 23.5 Å². The summed E-state index contributed by atoms with van der Waals surface area (Å²) in [4.78, 5) is 73.1. The van der Waals surface area contributed by atoms with Gasteiger partial charge in [-0.2, -0.15) is 39.5 Å². The standard InChI is InChI=1S/C20H24F3N7O2.C17H19F3N6O.C14H17N5.C2H4F3N.CH3I.2CH4/c1-3-12-9-28(18(31)24-4-2)10-13(12)15-7-25-16-8-26-17-14(30(15)16)5-6-29(17)19(32)27-11-20(21,22)23;1-2-10-7-25(16(27)24-9-17(18,19)20)8-11(10)13-5-22-14-6-23-15-12(26(13)14)3-4-21-15;1-2-9-5-15-6-10(9)12-7-17-13-8-18-14-11(19(12)13)3-4-16-14;3-2(4,5)1-6;1-2;;/h5-8,12-13H,3-4,9-11H2,1-2H3,(H,24,31)(H,27,32);3-6,10-11,21H,2,7-9H2,1H3,(H,24,27);3-4,7-10,15-16H,2,5-6H2,1H3;1,6H2;1H3;2*1H4/t12-,13+;10-,11+;9-,10+;;;;/m111..../s1/i;;;;1D;;. The number of rotatable bonds is 9. The van der Waals surface area contributed by atoms with Crippen LogP contribution >= 0.6 is 22.6 Å². The van der Waals surface area contributed by atoms with Crippen molar-refractivity contribution in [1.82, 2.24) is 88.7 Å². The number of alkyl halides is 10. The number of carbonyl (C=O) groups excluding carboxylic acids is 3. The molecule has 0 bridgehead atoms. The molecule has 0 saturated carbocycles. The third kappa shape index (κ3) is 15.7. The SMILES string of the molecule is C.C.CCNC(=O)N1C[C@@H](CC)[C@@H](c2cnc3cnc4c(ccn4C(=O)NCC(F)(F)F)n23)C1.CC[C@@H]1CN(C(=O)NCC(F)(F)F)C[C@@H]1c1cnc2cnc3[nH]ccc3n12.CC[C@@H]1CNC[C@@H]1c1cnc2cnc3[nH]ccc3n12.NCC(F)(F)F.[2H]CI. The Bertz CT molecular complexity index is 3760. The number of aromatic amines is 2. The molecule has 22 nitrogen and oxygen atoms in total. The molecule has 0 radical (unpaired) electrons. The average Bonchev–Trinajstić information content (AvgIpc) is 1.65. The molecule has 6 atom stereocenters. The zero-order valence-corrected chi connectivity index (χ0v) is 49.4. The molecule has 88 heavy (non-hydrogen) atoms. The van der Waals surface area contributed by atoms with E-state index in [1.54, 1.807) is 35.8 Å². The average molecular weight is 1360 g/mol. The third-order valence-corrected chi connectivity index (χ3v) is 15.5. The Morgan fingerprint density at radius 2 is 1.00 bits per heavy atom. The van der Waals surface area contributed by atoms with Gasteiger partial charge >= 0.3 is 36.6 Å². The number of carbonyl (C=O) groups is 3. The summed E-state index contributed by atoms with van der Waals surface area (Å²) < 4.78 is 120. The molecule has 0 spiro atoms. The molecule has 0 aliphatic carbocycles. The Labute approximate surface area is 515 Å². The van der Waals surface area contributed by atoms with Gasteiger partial charge < -0.3 is 46.8 Å². The molecule has 9 aromatic rings. The van der Waals surface area contributed by atoms with E-state index in [4.69, 9.17) is 1.37 Å². The lowest BCUT2D eigenvalue weighted by Crippen LogP contribution is -2.42. The molecule has 3 fully saturated rings. The molecule has 3 saturated heterocycles. The predicted molar refractivity (Wildman–Crippen MR) is 326 cm³/mol. The van der Waals surface area contributed by atoms with E-state index in [1.807, 2.05) is 80.5 Å². The zero-order chi connectivity index (χ0) is 63.0. The van der Waals surface area contributed by atoms with Gasteiger partial charge in [-0.3, -0.25) is 17.8 Å². The van der Waals surface area contributed by atoms with Crippen LogP contribution in [0.4, 0.5) is 53.9 Å². The van der Waals surface area contributed by atoms with Crippen molar-refractivity contribution in [2.45, 2.75) is 98.1 Å². The second kappa shape index (κ2) is 29.7. The highest BCUT2D eigenvalue weighted by atomic mass is 127. The second-order valence-electron chi connectivity index (χ2n) is 20.7. The van der Waals surface area contributed by atoms with Gasteiger partial charge in [-0.05, 0) is 54.3 Å². The summed E-state index contributed by atoms with van der Waals surface area (Å²) in [6.07, 6.45) is 5.40. The Hall–Kier alpha value is -7.49. The largest absolute Gasteiger partial charge is 0.405 e. The van der Waals surface area contributed by atoms with E-state index < -0.39 is 50.2 Å². The predicted octanol–water partition coefficient (Wildman–Crippen LogP) is 10.6. The van der Waals surface area contributed by atoms with E-state index in [2.05, 4.69) is 80.6 Å². The summed E-state index contributed by atoms with van der Waals surface area (Å²) in [5, 5.41) is 10.2. The van der Waals surface area contributed by atoms with Gasteiger partial charge in [-0.1, -0.05) is 77.5 Å². The molecule has 12 rings (SSSR count). The van der Waals surface area contributed by atoms with Crippen LogP contribution < -0.4 is 27.0 Å². The summed E-state index contributed by atoms with van der Waals surface area (Å²) in [6.45, 7) is 8.84. The Kier molecular flexibility index (Phi) is 22.9. The van der Waals surface area contributed by atoms with Crippen LogP contribution in [0.2, 0.25) is 0 Å². The quantitative estimate of drug-likeness (QED) is 0.0406. The molecule has 0 aromatic carbocycles. The number of fused-ring (bicyclic) bond motifs is 9. The number of likely N-dealkylation sites (tertiary alicyclic amines) is 2. The minimum atomic E-state index is -4.51. The van der Waals surface area contributed by atoms with Crippen LogP contribution in [0.3, 0.4) is 0 Å². The van der Waals surface area contributed by atoms with Crippen molar-refractivity contribution < 1.29 is 55.3 Å². The van der Waals surface area contributed by atoms with Gasteiger partial charge in [0.2, 0.25) is 0 Å². The van der Waals surface area contributed by atoms with Crippen molar-refractivity contribution in [3.63, 3.8) is 0 Å². The molecule has 5 amide bonds. The first-order valence-electron chi connectivity index (χ1n) is 28.4. The number of aromatic nitrogens is 12. The normalized spacial score (nSPS) is 19.4. The lowest BCUT2D eigenvalue weighted by atomic mass is 9.91. The summed E-state index contributed by atoms with van der Waals surface area (Å²) in [5.74, 6) is 1.61. The van der Waals surface area contributed by atoms with E-state index in [-0.39, 0.29) is 50.2 Å². The van der Waals surface area contributed by atoms with E-state index in [9.17, 15) is 53.9 Å². The fraction of sp³-hybridized carbons (Fsp3) is 0.518. The Morgan fingerprint density at radius 1 is 0.580 bits per heavy atom. The van der Waals surface area contributed by atoms with Gasteiger partial charge in [0.15, 0.2) is 33.9 Å². The van der Waals surface area contributed by atoms with Crippen molar-refractivity contribution in [3.05, 3.63) is 91.1 Å². The smallest absolute Gasteiger partial charge is 0.345 e. The highest BCUT2D eigenvalue weighted by Gasteiger charge is 2.40. The number of H-pyrrole nitrogens is 2. The van der Waals surface area contributed by atoms with Crippen LogP contribution in [0, 0.1) is 17.8 Å². The monoisotopic (exact) mass is 1360 g/mol. The molecule has 3 aliphatic rings. The van der Waals surface area contributed by atoms with Crippen LogP contribution in [0.5, 0.6) is 0 Å². The number of hydrogen-bond donors (Lipinski definition) is 7. The molecule has 0 unspecified atom stereocenters. The van der Waals surface area contributed by atoms with E-state index >= 15 is 0 Å². The fourth-order valence-electron chi connectivity index (χ4n) is 11.4. The minimum absolute atomic E-state index is 0. The van der Waals surface area contributed by atoms with Crippen LogP contribution in [-0.2, 0) is 0 Å². The second-order valence-corrected chi connectivity index (χ2v) is 20.7. The molecule has 8 N–H and O–H groups in total. The molecule has 12 heterocycles. The maximum atomic E-state index is 12.5. The first-order valence-corrected chi connectivity index (χ1v) is 29.2. The highest BCUT2D eigenvalue weighted by molar-refractivity contribution is 14.1. The van der Waals surface area contributed by atoms with Crippen LogP contribution in [-0.4, -0.2) is 174 Å².